The van der Waals surface area contributed by atoms with E-state index >= 15 is 0 Å². The molecule has 0 aromatic heterocycles. The van der Waals surface area contributed by atoms with Crippen LogP contribution in [0.1, 0.15) is 53.4 Å². The minimum atomic E-state index is -0.492. The van der Waals surface area contributed by atoms with Crippen LogP contribution in [0, 0.1) is 16.7 Å². The first-order valence-corrected chi connectivity index (χ1v) is 6.67. The topological polar surface area (TPSA) is 37.3 Å². The number of aliphatic hydroxyl groups is 1. The van der Waals surface area contributed by atoms with Crippen LogP contribution in [0.4, 0.5) is 0 Å². The summed E-state index contributed by atoms with van der Waals surface area (Å²) in [5.41, 5.74) is 0.891. The Morgan fingerprint density at radius 3 is 2.59 bits per heavy atom. The Morgan fingerprint density at radius 1 is 1.29 bits per heavy atom. The number of hydrogen-bond acceptors (Lipinski definition) is 2. The summed E-state index contributed by atoms with van der Waals surface area (Å²) in [6, 6.07) is 0. The number of fused-ring (bicyclic) bond motifs is 1. The van der Waals surface area contributed by atoms with E-state index in [1.165, 1.54) is 6.42 Å². The molecule has 0 aromatic carbocycles. The number of aliphatic hydroxyl groups excluding tert-OH is 1. The van der Waals surface area contributed by atoms with Crippen LogP contribution in [0.25, 0.3) is 0 Å². The van der Waals surface area contributed by atoms with Crippen molar-refractivity contribution >= 4 is 5.78 Å². The van der Waals surface area contributed by atoms with Gasteiger partial charge >= 0.3 is 0 Å². The molecule has 96 valence electrons. The molecule has 3 unspecified atom stereocenters. The number of carbonyl (C=O) groups excluding carboxylic acids is 1. The molecule has 0 bridgehead atoms. The second-order valence-electron chi connectivity index (χ2n) is 6.82. The van der Waals surface area contributed by atoms with Crippen LogP contribution in [-0.4, -0.2) is 17.0 Å². The molecule has 3 atom stereocenters. The Morgan fingerprint density at radius 2 is 1.94 bits per heavy atom. The summed E-state index contributed by atoms with van der Waals surface area (Å²) in [4.78, 5) is 11.9. The third kappa shape index (κ3) is 1.97. The van der Waals surface area contributed by atoms with E-state index in [4.69, 9.17) is 0 Å². The van der Waals surface area contributed by atoms with Gasteiger partial charge in [0, 0.05) is 11.8 Å². The van der Waals surface area contributed by atoms with Gasteiger partial charge in [0.2, 0.25) is 0 Å². The third-order valence-corrected chi connectivity index (χ3v) is 5.09. The average Bonchev–Trinajstić information content (AvgIpc) is 2.29. The van der Waals surface area contributed by atoms with E-state index in [0.717, 1.165) is 18.4 Å². The van der Waals surface area contributed by atoms with Gasteiger partial charge in [0.15, 0.2) is 5.78 Å². The Bertz CT molecular complexity index is 367. The maximum atomic E-state index is 11.9. The highest BCUT2D eigenvalue weighted by Gasteiger charge is 2.50. The molecule has 0 amide bonds. The summed E-state index contributed by atoms with van der Waals surface area (Å²) in [6.45, 7) is 8.58. The van der Waals surface area contributed by atoms with E-state index in [1.807, 2.05) is 6.92 Å². The van der Waals surface area contributed by atoms with Crippen LogP contribution < -0.4 is 0 Å². The van der Waals surface area contributed by atoms with Crippen LogP contribution in [-0.2, 0) is 4.79 Å². The minimum absolute atomic E-state index is 0.115. The summed E-state index contributed by atoms with van der Waals surface area (Å²) in [5, 5.41) is 10.4. The van der Waals surface area contributed by atoms with Crippen LogP contribution in [0.15, 0.2) is 11.6 Å². The van der Waals surface area contributed by atoms with Crippen molar-refractivity contribution in [3.63, 3.8) is 0 Å². The van der Waals surface area contributed by atoms with E-state index in [-0.39, 0.29) is 16.6 Å². The number of carbonyl (C=O) groups is 1. The monoisotopic (exact) mass is 236 g/mol. The van der Waals surface area contributed by atoms with Crippen molar-refractivity contribution in [2.24, 2.45) is 16.7 Å². The van der Waals surface area contributed by atoms with Crippen molar-refractivity contribution in [2.45, 2.75) is 59.5 Å². The van der Waals surface area contributed by atoms with Crippen LogP contribution in [0.3, 0.4) is 0 Å². The molecule has 0 aliphatic heterocycles. The number of hydrogen-bond donors (Lipinski definition) is 1. The Hall–Kier alpha value is -0.630. The molecule has 0 radical (unpaired) electrons. The summed E-state index contributed by atoms with van der Waals surface area (Å²) < 4.78 is 0. The second kappa shape index (κ2) is 3.94. The van der Waals surface area contributed by atoms with Gasteiger partial charge < -0.3 is 5.11 Å². The first-order chi connectivity index (χ1) is 7.77. The molecule has 2 heteroatoms. The fourth-order valence-corrected chi connectivity index (χ4v) is 3.83. The number of ketones is 1. The summed E-state index contributed by atoms with van der Waals surface area (Å²) in [5.74, 6) is 0.425. The first-order valence-electron chi connectivity index (χ1n) is 6.67. The first kappa shape index (κ1) is 12.8. The lowest BCUT2D eigenvalue weighted by Crippen LogP contribution is -2.47. The van der Waals surface area contributed by atoms with Gasteiger partial charge in [-0.15, -0.1) is 0 Å². The summed E-state index contributed by atoms with van der Waals surface area (Å²) >= 11 is 0. The Labute approximate surface area is 104 Å². The van der Waals surface area contributed by atoms with Crippen molar-refractivity contribution < 1.29 is 9.90 Å². The zero-order valence-electron chi connectivity index (χ0n) is 11.4. The highest BCUT2D eigenvalue weighted by atomic mass is 16.3. The van der Waals surface area contributed by atoms with Crippen molar-refractivity contribution in [1.29, 1.82) is 0 Å². The fourth-order valence-electron chi connectivity index (χ4n) is 3.83. The molecule has 0 heterocycles. The van der Waals surface area contributed by atoms with E-state index in [2.05, 4.69) is 26.8 Å². The lowest BCUT2D eigenvalue weighted by Gasteiger charge is -2.51. The molecule has 2 aliphatic carbocycles. The number of Topliss-reactive ketones (excluding diaryl/α,β-unsaturated/α-hetero) is 1. The standard InChI is InChI=1S/C15H24O2/c1-10-8-12-14(2,3)6-5-7-15(12,4)13(17)9-11(10)16/h8,12-13,17H,5-7,9H2,1-4H3. The molecule has 17 heavy (non-hydrogen) atoms. The van der Waals surface area contributed by atoms with Gasteiger partial charge in [-0.1, -0.05) is 33.3 Å². The van der Waals surface area contributed by atoms with Gasteiger partial charge in [0.1, 0.15) is 0 Å². The summed E-state index contributed by atoms with van der Waals surface area (Å²) in [6.07, 6.45) is 5.30. The number of allylic oxidation sites excluding steroid dienone is 2. The van der Waals surface area contributed by atoms with Crippen molar-refractivity contribution in [1.82, 2.24) is 0 Å². The van der Waals surface area contributed by atoms with Crippen molar-refractivity contribution in [2.75, 3.05) is 0 Å². The normalized spacial score (nSPS) is 41.5. The molecule has 1 N–H and O–H groups in total. The highest BCUT2D eigenvalue weighted by Crippen LogP contribution is 2.55. The van der Waals surface area contributed by atoms with Crippen LogP contribution >= 0.6 is 0 Å². The van der Waals surface area contributed by atoms with Crippen LogP contribution in [0.5, 0.6) is 0 Å². The quantitative estimate of drug-likeness (QED) is 0.701. The van der Waals surface area contributed by atoms with E-state index in [9.17, 15) is 9.90 Å². The predicted octanol–water partition coefficient (Wildman–Crippen LogP) is 3.10. The van der Waals surface area contributed by atoms with Crippen LogP contribution in [0.2, 0.25) is 0 Å². The molecule has 0 aromatic rings. The second-order valence-corrected chi connectivity index (χ2v) is 6.82. The van der Waals surface area contributed by atoms with E-state index in [0.29, 0.717) is 12.3 Å². The molecule has 1 fully saturated rings. The van der Waals surface area contributed by atoms with Crippen molar-refractivity contribution in [3.8, 4) is 0 Å². The zero-order valence-corrected chi connectivity index (χ0v) is 11.4. The number of rotatable bonds is 0. The SMILES string of the molecule is CC1=CC2C(C)(C)CCCC2(C)C(O)CC1=O. The van der Waals surface area contributed by atoms with Gasteiger partial charge in [-0.25, -0.2) is 0 Å². The summed E-state index contributed by atoms with van der Waals surface area (Å²) in [7, 11) is 0. The van der Waals surface area contributed by atoms with Gasteiger partial charge in [-0.05, 0) is 36.7 Å². The largest absolute Gasteiger partial charge is 0.392 e. The molecule has 0 spiro atoms. The molecule has 1 saturated carbocycles. The zero-order chi connectivity index (χ0) is 12.8. The lowest BCUT2D eigenvalue weighted by atomic mass is 9.54. The third-order valence-electron chi connectivity index (χ3n) is 5.09. The fraction of sp³-hybridized carbons (Fsp3) is 0.800. The van der Waals surface area contributed by atoms with Gasteiger partial charge in [0.25, 0.3) is 0 Å². The van der Waals surface area contributed by atoms with Gasteiger partial charge in [-0.3, -0.25) is 4.79 Å². The molecule has 2 nitrogen and oxygen atoms in total. The molecular weight excluding hydrogens is 212 g/mol. The van der Waals surface area contributed by atoms with Crippen molar-refractivity contribution in [3.05, 3.63) is 11.6 Å². The lowest BCUT2D eigenvalue weighted by molar-refractivity contribution is -0.121. The predicted molar refractivity (Wildman–Crippen MR) is 68.6 cm³/mol. The molecular formula is C15H24O2. The maximum Gasteiger partial charge on any atom is 0.160 e. The maximum absolute atomic E-state index is 11.9. The smallest absolute Gasteiger partial charge is 0.160 e. The van der Waals surface area contributed by atoms with E-state index in [1.54, 1.807) is 0 Å². The van der Waals surface area contributed by atoms with Gasteiger partial charge in [-0.2, -0.15) is 0 Å². The molecule has 2 rings (SSSR count). The average molecular weight is 236 g/mol. The molecule has 0 saturated heterocycles. The Balaban J connectivity index is 2.49. The highest BCUT2D eigenvalue weighted by molar-refractivity contribution is 5.95. The minimum Gasteiger partial charge on any atom is -0.392 e. The van der Waals surface area contributed by atoms with Gasteiger partial charge in [0.05, 0.1) is 6.10 Å². The Kier molecular flexibility index (Phi) is 2.97. The van der Waals surface area contributed by atoms with E-state index < -0.39 is 6.10 Å². The molecule has 2 aliphatic rings.